The molecule has 3 heteroatoms. The van der Waals surface area contributed by atoms with Gasteiger partial charge in [0.05, 0.1) is 6.54 Å². The molecule has 0 unspecified atom stereocenters. The first-order chi connectivity index (χ1) is 7.50. The molecule has 1 heterocycles. The van der Waals surface area contributed by atoms with E-state index in [0.29, 0.717) is 13.0 Å². The van der Waals surface area contributed by atoms with E-state index in [1.165, 1.54) is 12.8 Å². The molecule has 3 nitrogen and oxygen atoms in total. The Bertz CT molecular complexity index is 303. The molecule has 1 aliphatic carbocycles. The summed E-state index contributed by atoms with van der Waals surface area (Å²) in [7, 11) is 0. The number of likely N-dealkylation sites (tertiary alicyclic amines) is 1. The third kappa shape index (κ3) is 2.13. The van der Waals surface area contributed by atoms with Crippen LogP contribution < -0.4 is 0 Å². The van der Waals surface area contributed by atoms with Gasteiger partial charge >= 0.3 is 0 Å². The topological polar surface area (TPSA) is 37.4 Å². The van der Waals surface area contributed by atoms with Crippen LogP contribution in [-0.4, -0.2) is 28.7 Å². The fourth-order valence-electron chi connectivity index (χ4n) is 2.82. The normalized spacial score (nSPS) is 26.1. The lowest BCUT2D eigenvalue weighted by Crippen LogP contribution is -2.55. The molecule has 1 aliphatic heterocycles. The van der Waals surface area contributed by atoms with Crippen molar-refractivity contribution in [2.45, 2.75) is 57.9 Å². The van der Waals surface area contributed by atoms with Crippen molar-refractivity contribution >= 4 is 11.7 Å². The van der Waals surface area contributed by atoms with Crippen LogP contribution in [0.3, 0.4) is 0 Å². The van der Waals surface area contributed by atoms with Crippen LogP contribution in [0.15, 0.2) is 0 Å². The van der Waals surface area contributed by atoms with Gasteiger partial charge in [0.15, 0.2) is 5.78 Å². The molecule has 0 aromatic rings. The van der Waals surface area contributed by atoms with Crippen molar-refractivity contribution in [3.05, 3.63) is 0 Å². The predicted octanol–water partition coefficient (Wildman–Crippen LogP) is 2.15. The van der Waals surface area contributed by atoms with Crippen molar-refractivity contribution in [1.82, 2.24) is 4.90 Å². The molecule has 0 spiro atoms. The number of nitrogens with zero attached hydrogens (tertiary/aromatic N) is 1. The summed E-state index contributed by atoms with van der Waals surface area (Å²) in [6, 6.07) is 0. The fraction of sp³-hybridized carbons (Fsp3) is 0.846. The molecule has 0 N–H and O–H groups in total. The van der Waals surface area contributed by atoms with Gasteiger partial charge in [-0.05, 0) is 33.1 Å². The van der Waals surface area contributed by atoms with Crippen LogP contribution in [0.4, 0.5) is 0 Å². The molecule has 2 fully saturated rings. The summed E-state index contributed by atoms with van der Waals surface area (Å²) in [6.07, 6.45) is 5.79. The Labute approximate surface area is 97.2 Å². The SMILES string of the molecule is CC1(C)CCC(=O)CN1C(=O)C1CCCC1. The van der Waals surface area contributed by atoms with E-state index in [9.17, 15) is 9.59 Å². The molecular weight excluding hydrogens is 202 g/mol. The molecule has 0 aromatic heterocycles. The molecule has 0 radical (unpaired) electrons. The van der Waals surface area contributed by atoms with Gasteiger partial charge in [-0.3, -0.25) is 9.59 Å². The summed E-state index contributed by atoms with van der Waals surface area (Å²) >= 11 is 0. The van der Waals surface area contributed by atoms with Gasteiger partial charge < -0.3 is 4.90 Å². The standard InChI is InChI=1S/C13H21NO2/c1-13(2)8-7-11(15)9-14(13)12(16)10-5-3-4-6-10/h10H,3-9H2,1-2H3. The van der Waals surface area contributed by atoms with Crippen molar-refractivity contribution in [3.8, 4) is 0 Å². The van der Waals surface area contributed by atoms with Crippen LogP contribution in [0.1, 0.15) is 52.4 Å². The van der Waals surface area contributed by atoms with Crippen molar-refractivity contribution in [2.75, 3.05) is 6.54 Å². The number of amides is 1. The molecular formula is C13H21NO2. The van der Waals surface area contributed by atoms with Crippen LogP contribution >= 0.6 is 0 Å². The zero-order valence-corrected chi connectivity index (χ0v) is 10.3. The van der Waals surface area contributed by atoms with Crippen LogP contribution in [0.5, 0.6) is 0 Å². The summed E-state index contributed by atoms with van der Waals surface area (Å²) < 4.78 is 0. The van der Waals surface area contributed by atoms with Gasteiger partial charge in [-0.15, -0.1) is 0 Å². The highest BCUT2D eigenvalue weighted by Gasteiger charge is 2.39. The first-order valence-corrected chi connectivity index (χ1v) is 6.34. The maximum absolute atomic E-state index is 12.3. The van der Waals surface area contributed by atoms with E-state index in [0.717, 1.165) is 19.3 Å². The van der Waals surface area contributed by atoms with Crippen molar-refractivity contribution < 1.29 is 9.59 Å². The number of carbonyl (C=O) groups excluding carboxylic acids is 2. The van der Waals surface area contributed by atoms with Gasteiger partial charge in [-0.25, -0.2) is 0 Å². The first kappa shape index (κ1) is 11.6. The predicted molar refractivity (Wildman–Crippen MR) is 62.0 cm³/mol. The van der Waals surface area contributed by atoms with Gasteiger partial charge in [0.1, 0.15) is 0 Å². The molecule has 0 bridgehead atoms. The maximum atomic E-state index is 12.3. The Hall–Kier alpha value is -0.860. The van der Waals surface area contributed by atoms with Crippen molar-refractivity contribution in [2.24, 2.45) is 5.92 Å². The number of rotatable bonds is 1. The third-order valence-electron chi connectivity index (χ3n) is 4.05. The van der Waals surface area contributed by atoms with Gasteiger partial charge in [-0.1, -0.05) is 12.8 Å². The lowest BCUT2D eigenvalue weighted by molar-refractivity contribution is -0.148. The second-order valence-electron chi connectivity index (χ2n) is 5.76. The smallest absolute Gasteiger partial charge is 0.226 e. The average molecular weight is 223 g/mol. The average Bonchev–Trinajstić information content (AvgIpc) is 2.74. The lowest BCUT2D eigenvalue weighted by Gasteiger charge is -2.43. The number of hydrogen-bond donors (Lipinski definition) is 0. The van der Waals surface area contributed by atoms with Crippen LogP contribution in [-0.2, 0) is 9.59 Å². The Kier molecular flexibility index (Phi) is 3.04. The molecule has 1 saturated heterocycles. The minimum atomic E-state index is -0.131. The molecule has 16 heavy (non-hydrogen) atoms. The highest BCUT2D eigenvalue weighted by Crippen LogP contribution is 2.32. The largest absolute Gasteiger partial charge is 0.330 e. The van der Waals surface area contributed by atoms with Crippen LogP contribution in [0, 0.1) is 5.92 Å². The van der Waals surface area contributed by atoms with Gasteiger partial charge in [-0.2, -0.15) is 0 Å². The Morgan fingerprint density at radius 3 is 2.56 bits per heavy atom. The van der Waals surface area contributed by atoms with E-state index in [2.05, 4.69) is 13.8 Å². The van der Waals surface area contributed by atoms with E-state index in [-0.39, 0.29) is 23.1 Å². The summed E-state index contributed by atoms with van der Waals surface area (Å²) in [5.41, 5.74) is -0.131. The van der Waals surface area contributed by atoms with Crippen LogP contribution in [0.2, 0.25) is 0 Å². The second kappa shape index (κ2) is 4.19. The number of hydrogen-bond acceptors (Lipinski definition) is 2. The quantitative estimate of drug-likeness (QED) is 0.683. The Morgan fingerprint density at radius 2 is 1.94 bits per heavy atom. The summed E-state index contributed by atoms with van der Waals surface area (Å²) in [6.45, 7) is 4.49. The lowest BCUT2D eigenvalue weighted by atomic mass is 9.88. The summed E-state index contributed by atoms with van der Waals surface area (Å²) in [4.78, 5) is 25.7. The Morgan fingerprint density at radius 1 is 1.31 bits per heavy atom. The molecule has 1 saturated carbocycles. The molecule has 90 valence electrons. The maximum Gasteiger partial charge on any atom is 0.226 e. The summed E-state index contributed by atoms with van der Waals surface area (Å²) in [5.74, 6) is 0.617. The van der Waals surface area contributed by atoms with Gasteiger partial charge in [0.2, 0.25) is 5.91 Å². The zero-order chi connectivity index (χ0) is 11.8. The van der Waals surface area contributed by atoms with E-state index >= 15 is 0 Å². The zero-order valence-electron chi connectivity index (χ0n) is 10.3. The van der Waals surface area contributed by atoms with Gasteiger partial charge in [0, 0.05) is 17.9 Å². The monoisotopic (exact) mass is 223 g/mol. The minimum Gasteiger partial charge on any atom is -0.330 e. The van der Waals surface area contributed by atoms with Crippen molar-refractivity contribution in [1.29, 1.82) is 0 Å². The Balaban J connectivity index is 2.10. The molecule has 0 aromatic carbocycles. The number of piperidine rings is 1. The third-order valence-corrected chi connectivity index (χ3v) is 4.05. The van der Waals surface area contributed by atoms with Crippen LogP contribution in [0.25, 0.3) is 0 Å². The van der Waals surface area contributed by atoms with E-state index in [1.807, 2.05) is 4.90 Å². The summed E-state index contributed by atoms with van der Waals surface area (Å²) in [5, 5.41) is 0. The number of carbonyl (C=O) groups is 2. The molecule has 2 rings (SSSR count). The van der Waals surface area contributed by atoms with Gasteiger partial charge in [0.25, 0.3) is 0 Å². The molecule has 0 atom stereocenters. The highest BCUT2D eigenvalue weighted by atomic mass is 16.2. The molecule has 2 aliphatic rings. The van der Waals surface area contributed by atoms with E-state index in [1.54, 1.807) is 0 Å². The van der Waals surface area contributed by atoms with E-state index < -0.39 is 0 Å². The number of Topliss-reactive ketones (excluding diaryl/α,β-unsaturated/α-hetero) is 1. The second-order valence-corrected chi connectivity index (χ2v) is 5.76. The number of ketones is 1. The highest BCUT2D eigenvalue weighted by molar-refractivity contribution is 5.89. The first-order valence-electron chi connectivity index (χ1n) is 6.34. The van der Waals surface area contributed by atoms with Crippen molar-refractivity contribution in [3.63, 3.8) is 0 Å². The minimum absolute atomic E-state index is 0.131. The van der Waals surface area contributed by atoms with E-state index in [4.69, 9.17) is 0 Å². The fourth-order valence-corrected chi connectivity index (χ4v) is 2.82. The molecule has 1 amide bonds.